The van der Waals surface area contributed by atoms with Gasteiger partial charge < -0.3 is 10.0 Å². The highest BCUT2D eigenvalue weighted by atomic mass is 32.1. The van der Waals surface area contributed by atoms with Crippen molar-refractivity contribution in [3.8, 4) is 0 Å². The number of carbonyl (C=O) groups is 2. The van der Waals surface area contributed by atoms with Crippen LogP contribution in [-0.4, -0.2) is 27.9 Å². The zero-order valence-electron chi connectivity index (χ0n) is 10.6. The van der Waals surface area contributed by atoms with Crippen molar-refractivity contribution in [3.05, 3.63) is 22.4 Å². The van der Waals surface area contributed by atoms with Crippen molar-refractivity contribution in [2.75, 3.05) is 0 Å². The van der Waals surface area contributed by atoms with E-state index in [4.69, 9.17) is 0 Å². The van der Waals surface area contributed by atoms with Gasteiger partial charge in [0.15, 0.2) is 0 Å². The molecule has 2 aliphatic rings. The van der Waals surface area contributed by atoms with Crippen LogP contribution in [-0.2, 0) is 9.59 Å². The molecule has 2 fully saturated rings. The summed E-state index contributed by atoms with van der Waals surface area (Å²) in [5, 5.41) is 11.5. The minimum absolute atomic E-state index is 0.129. The zero-order chi connectivity index (χ0) is 13.4. The van der Waals surface area contributed by atoms with Crippen LogP contribution in [0.4, 0.5) is 0 Å². The van der Waals surface area contributed by atoms with Crippen molar-refractivity contribution >= 4 is 23.2 Å². The average molecular weight is 279 g/mol. The van der Waals surface area contributed by atoms with Gasteiger partial charge in [-0.1, -0.05) is 6.07 Å². The lowest BCUT2D eigenvalue weighted by Crippen LogP contribution is -2.40. The van der Waals surface area contributed by atoms with Gasteiger partial charge in [-0.2, -0.15) is 0 Å². The van der Waals surface area contributed by atoms with Crippen LogP contribution in [0.3, 0.4) is 0 Å². The highest BCUT2D eigenvalue weighted by molar-refractivity contribution is 7.10. The van der Waals surface area contributed by atoms with Crippen LogP contribution in [0.1, 0.15) is 43.0 Å². The van der Waals surface area contributed by atoms with Gasteiger partial charge in [0.2, 0.25) is 5.91 Å². The number of aliphatic carboxylic acids is 1. The Hall–Kier alpha value is -1.36. The van der Waals surface area contributed by atoms with Crippen molar-refractivity contribution in [1.29, 1.82) is 0 Å². The van der Waals surface area contributed by atoms with Crippen molar-refractivity contribution in [1.82, 2.24) is 4.90 Å². The lowest BCUT2D eigenvalue weighted by Gasteiger charge is -2.33. The van der Waals surface area contributed by atoms with Gasteiger partial charge in [-0.25, -0.2) is 0 Å². The summed E-state index contributed by atoms with van der Waals surface area (Å²) < 4.78 is 0. The van der Waals surface area contributed by atoms with E-state index in [0.717, 1.165) is 17.7 Å². The third-order valence-electron chi connectivity index (χ3n) is 3.97. The molecule has 2 unspecified atom stereocenters. The molecular weight excluding hydrogens is 262 g/mol. The maximum atomic E-state index is 12.3. The number of amides is 1. The van der Waals surface area contributed by atoms with Crippen molar-refractivity contribution in [3.63, 3.8) is 0 Å². The van der Waals surface area contributed by atoms with E-state index in [9.17, 15) is 14.7 Å². The first-order chi connectivity index (χ1) is 9.18. The fraction of sp³-hybridized carbons (Fsp3) is 0.571. The molecule has 5 heteroatoms. The molecule has 0 spiro atoms. The number of likely N-dealkylation sites (tertiary alicyclic amines) is 1. The van der Waals surface area contributed by atoms with E-state index in [-0.39, 0.29) is 18.0 Å². The lowest BCUT2D eigenvalue weighted by molar-refractivity contribution is -0.146. The van der Waals surface area contributed by atoms with Gasteiger partial charge in [0.1, 0.15) is 0 Å². The van der Waals surface area contributed by atoms with Crippen LogP contribution in [0, 0.1) is 5.92 Å². The van der Waals surface area contributed by atoms with Crippen molar-refractivity contribution in [2.24, 2.45) is 5.92 Å². The molecule has 1 aromatic rings. The third-order valence-corrected chi connectivity index (χ3v) is 4.91. The van der Waals surface area contributed by atoms with Gasteiger partial charge in [0, 0.05) is 17.3 Å². The Morgan fingerprint density at radius 3 is 2.74 bits per heavy atom. The summed E-state index contributed by atoms with van der Waals surface area (Å²) in [7, 11) is 0. The fourth-order valence-corrected chi connectivity index (χ4v) is 3.83. The van der Waals surface area contributed by atoms with Crippen LogP contribution in [0.5, 0.6) is 0 Å². The Morgan fingerprint density at radius 2 is 2.16 bits per heavy atom. The minimum atomic E-state index is -0.779. The molecule has 2 atom stereocenters. The molecule has 1 aliphatic heterocycles. The summed E-state index contributed by atoms with van der Waals surface area (Å²) in [5.74, 6) is -1.12. The SMILES string of the molecule is O=C(O)C1CCCC(=O)N(C2CC2)C1c1cccs1. The normalized spacial score (nSPS) is 28.2. The number of nitrogens with zero attached hydrogens (tertiary/aromatic N) is 1. The Bertz CT molecular complexity index is 481. The number of hydrogen-bond donors (Lipinski definition) is 1. The predicted octanol–water partition coefficient (Wildman–Crippen LogP) is 2.66. The Kier molecular flexibility index (Phi) is 3.31. The Labute approximate surface area is 116 Å². The minimum Gasteiger partial charge on any atom is -0.481 e. The molecule has 1 aliphatic carbocycles. The van der Waals surface area contributed by atoms with E-state index in [1.807, 2.05) is 22.4 Å². The van der Waals surface area contributed by atoms with E-state index >= 15 is 0 Å². The molecule has 1 saturated carbocycles. The summed E-state index contributed by atoms with van der Waals surface area (Å²) in [4.78, 5) is 26.8. The topological polar surface area (TPSA) is 57.6 Å². The predicted molar refractivity (Wildman–Crippen MR) is 71.9 cm³/mol. The standard InChI is InChI=1S/C14H17NO3S/c16-12-5-1-3-10(14(17)18)13(11-4-2-8-19-11)15(12)9-6-7-9/h2,4,8-10,13H,1,3,5-7H2,(H,17,18). The second kappa shape index (κ2) is 4.96. The van der Waals surface area contributed by atoms with E-state index in [1.165, 1.54) is 0 Å². The number of carboxylic acid groups (broad SMARTS) is 1. The van der Waals surface area contributed by atoms with Gasteiger partial charge in [-0.15, -0.1) is 11.3 Å². The Morgan fingerprint density at radius 1 is 1.37 bits per heavy atom. The smallest absolute Gasteiger partial charge is 0.308 e. The van der Waals surface area contributed by atoms with Gasteiger partial charge in [0.25, 0.3) is 0 Å². The molecule has 1 aromatic heterocycles. The largest absolute Gasteiger partial charge is 0.481 e. The molecule has 3 rings (SSSR count). The molecular formula is C14H17NO3S. The molecule has 4 nitrogen and oxygen atoms in total. The van der Waals surface area contributed by atoms with Crippen LogP contribution in [0.2, 0.25) is 0 Å². The van der Waals surface area contributed by atoms with Crippen LogP contribution >= 0.6 is 11.3 Å². The van der Waals surface area contributed by atoms with Crippen LogP contribution < -0.4 is 0 Å². The first kappa shape index (κ1) is 12.7. The molecule has 19 heavy (non-hydrogen) atoms. The zero-order valence-corrected chi connectivity index (χ0v) is 11.4. The summed E-state index contributed by atoms with van der Waals surface area (Å²) in [6.45, 7) is 0. The van der Waals surface area contributed by atoms with Gasteiger partial charge in [-0.05, 0) is 37.1 Å². The van der Waals surface area contributed by atoms with Gasteiger partial charge >= 0.3 is 5.97 Å². The number of thiophene rings is 1. The van der Waals surface area contributed by atoms with Crippen molar-refractivity contribution < 1.29 is 14.7 Å². The highest BCUT2D eigenvalue weighted by Gasteiger charge is 2.45. The van der Waals surface area contributed by atoms with E-state index in [0.29, 0.717) is 19.3 Å². The molecule has 1 saturated heterocycles. The second-order valence-corrected chi connectivity index (χ2v) is 6.31. The number of carboxylic acids is 1. The molecule has 102 valence electrons. The molecule has 0 bridgehead atoms. The molecule has 2 heterocycles. The maximum absolute atomic E-state index is 12.3. The summed E-state index contributed by atoms with van der Waals surface area (Å²) >= 11 is 1.55. The molecule has 1 N–H and O–H groups in total. The number of hydrogen-bond acceptors (Lipinski definition) is 3. The molecule has 0 aromatic carbocycles. The maximum Gasteiger partial charge on any atom is 0.308 e. The van der Waals surface area contributed by atoms with Gasteiger partial charge in [-0.3, -0.25) is 9.59 Å². The molecule has 0 radical (unpaired) electrons. The first-order valence-electron chi connectivity index (χ1n) is 6.76. The quantitative estimate of drug-likeness (QED) is 0.925. The average Bonchev–Trinajstić information content (AvgIpc) is 3.09. The van der Waals surface area contributed by atoms with Crippen LogP contribution in [0.25, 0.3) is 0 Å². The second-order valence-electron chi connectivity index (χ2n) is 5.33. The fourth-order valence-electron chi connectivity index (χ4n) is 2.95. The van der Waals surface area contributed by atoms with E-state index in [2.05, 4.69) is 0 Å². The summed E-state index contributed by atoms with van der Waals surface area (Å²) in [6.07, 6.45) is 3.79. The monoisotopic (exact) mass is 279 g/mol. The highest BCUT2D eigenvalue weighted by Crippen LogP contribution is 2.43. The Balaban J connectivity index is 2.01. The van der Waals surface area contributed by atoms with Crippen LogP contribution in [0.15, 0.2) is 17.5 Å². The summed E-state index contributed by atoms with van der Waals surface area (Å²) in [5.41, 5.74) is 0. The van der Waals surface area contributed by atoms with E-state index in [1.54, 1.807) is 11.3 Å². The number of carbonyl (C=O) groups excluding carboxylic acids is 1. The van der Waals surface area contributed by atoms with E-state index < -0.39 is 11.9 Å². The van der Waals surface area contributed by atoms with Gasteiger partial charge in [0.05, 0.1) is 12.0 Å². The number of rotatable bonds is 3. The third kappa shape index (κ3) is 2.39. The first-order valence-corrected chi connectivity index (χ1v) is 7.64. The summed E-state index contributed by atoms with van der Waals surface area (Å²) in [6, 6.07) is 3.89. The lowest BCUT2D eigenvalue weighted by atomic mass is 9.93. The molecule has 1 amide bonds. The van der Waals surface area contributed by atoms with Crippen molar-refractivity contribution in [2.45, 2.75) is 44.2 Å².